The van der Waals surface area contributed by atoms with Crippen LogP contribution >= 0.6 is 11.6 Å². The van der Waals surface area contributed by atoms with Gasteiger partial charge in [0.15, 0.2) is 11.6 Å². The Hall–Kier alpha value is -5.31. The summed E-state index contributed by atoms with van der Waals surface area (Å²) in [5.41, 5.74) is 5.05. The Morgan fingerprint density at radius 1 is 0.603 bits per heavy atom. The van der Waals surface area contributed by atoms with Gasteiger partial charge in [-0.1, -0.05) is 0 Å². The normalized spacial score (nSPS) is 28.4. The molecule has 0 saturated carbocycles. The van der Waals surface area contributed by atoms with E-state index < -0.39 is 31.2 Å². The van der Waals surface area contributed by atoms with Crippen LogP contribution in [0.5, 0.6) is 0 Å². The number of pyridine rings is 1. The van der Waals surface area contributed by atoms with E-state index in [0.29, 0.717) is 74.4 Å². The van der Waals surface area contributed by atoms with Crippen molar-refractivity contribution >= 4 is 65.8 Å². The molecule has 2 N–H and O–H groups in total. The van der Waals surface area contributed by atoms with E-state index in [2.05, 4.69) is 49.5 Å². The van der Waals surface area contributed by atoms with Gasteiger partial charge in [-0.05, 0) is 115 Å². The number of fused-ring (bicyclic) bond motifs is 8. The Labute approximate surface area is 456 Å². The first-order valence-corrected chi connectivity index (χ1v) is 27.5. The number of anilines is 5. The second-order valence-electron chi connectivity index (χ2n) is 22.8. The quantitative estimate of drug-likeness (QED) is 0.0585. The first kappa shape index (κ1) is 54.6. The maximum atomic E-state index is 13.8. The second-order valence-corrected chi connectivity index (χ2v) is 23.2. The van der Waals surface area contributed by atoms with Crippen molar-refractivity contribution < 1.29 is 45.8 Å². The standard InChI is InChI=1S/C22H26F2N6O2.C15H22BF2N3O2.C15H20ClN5O2/c23-19(24)18-7-12(25)1-6-17(18)20-26-21(29-8-13-2-3-14(9-29)31-13)28-22(27-20)30-10-15-4-5-16(11-30)32-15;1-14(2)15(3,4)23-16(22-14)11-8-19-12(20-9-21(5)6)7-10(11)13(17)18;16-13-17-14(20-5-9-1-2-10(6-20)22-9)19-15(18-13)21-7-11-3-4-12(8-21)23-11/h1,6-7,13-16,19H,2-5,8-11,25H2;7-9,13H,1-6H3;9-12H,1-8H2. The fourth-order valence-corrected chi connectivity index (χ4v) is 11.7. The number of benzene rings is 1. The summed E-state index contributed by atoms with van der Waals surface area (Å²) in [7, 11) is 2.70. The third-order valence-corrected chi connectivity index (χ3v) is 16.3. The zero-order chi connectivity index (χ0) is 54.6. The molecule has 1 aromatic carbocycles. The molecule has 8 unspecified atom stereocenters. The van der Waals surface area contributed by atoms with Gasteiger partial charge >= 0.3 is 7.12 Å². The molecule has 8 bridgehead atoms. The van der Waals surface area contributed by atoms with Gasteiger partial charge in [0.1, 0.15) is 0 Å². The molecular formula is C52H68BClF4N14O6. The molecule has 0 aliphatic carbocycles. The SMILES string of the molecule is CN(C)C=Nc1cc(C(F)F)c(B2OC(C)(C)C(C)(C)O2)cn1.Clc1nc(N2CC3CCC(C2)O3)nc(N2CC3CCC(C2)O3)n1.Nc1ccc(-c2nc(N3CC4CCC(C3)O4)nc(N3CC4CCC(C3)O4)n2)c(C(F)F)c1. The Morgan fingerprint density at radius 2 is 0.987 bits per heavy atom. The highest BCUT2D eigenvalue weighted by molar-refractivity contribution is 6.62. The van der Waals surface area contributed by atoms with Gasteiger partial charge in [0, 0.05) is 100 Å². The third-order valence-electron chi connectivity index (χ3n) is 16.2. The average molecular weight is 1110 g/mol. The minimum absolute atomic E-state index is 0.157. The van der Waals surface area contributed by atoms with E-state index in [4.69, 9.17) is 55.6 Å². The number of alkyl halides is 4. The van der Waals surface area contributed by atoms with Crippen LogP contribution < -0.4 is 30.8 Å². The van der Waals surface area contributed by atoms with E-state index in [-0.39, 0.29) is 69.2 Å². The van der Waals surface area contributed by atoms with E-state index in [0.717, 1.165) is 77.5 Å². The number of hydrogen-bond donors (Lipinski definition) is 1. The number of hydrogen-bond acceptors (Lipinski definition) is 19. The van der Waals surface area contributed by atoms with Gasteiger partial charge in [-0.2, -0.15) is 29.9 Å². The highest BCUT2D eigenvalue weighted by Gasteiger charge is 2.53. The number of nitrogens with two attached hydrogens (primary N) is 1. The van der Waals surface area contributed by atoms with Crippen molar-refractivity contribution in [3.05, 3.63) is 46.9 Å². The fourth-order valence-electron chi connectivity index (χ4n) is 11.5. The summed E-state index contributed by atoms with van der Waals surface area (Å²) < 4.78 is 89.9. The van der Waals surface area contributed by atoms with E-state index in [1.54, 1.807) is 31.1 Å². The number of rotatable bonds is 10. The van der Waals surface area contributed by atoms with Crippen LogP contribution in [0.3, 0.4) is 0 Å². The van der Waals surface area contributed by atoms with E-state index in [1.807, 2.05) is 27.7 Å². The molecular weight excluding hydrogens is 1040 g/mol. The smallest absolute Gasteiger partial charge is 0.399 e. The zero-order valence-corrected chi connectivity index (χ0v) is 45.6. The molecule has 420 valence electrons. The van der Waals surface area contributed by atoms with Crippen molar-refractivity contribution in [3.63, 3.8) is 0 Å². The molecule has 0 spiro atoms. The van der Waals surface area contributed by atoms with Crippen LogP contribution in [0.15, 0.2) is 35.5 Å². The zero-order valence-electron chi connectivity index (χ0n) is 44.9. The van der Waals surface area contributed by atoms with E-state index >= 15 is 0 Å². The first-order chi connectivity index (χ1) is 37.3. The molecule has 9 aliphatic heterocycles. The molecule has 9 saturated heterocycles. The van der Waals surface area contributed by atoms with Gasteiger partial charge in [-0.3, -0.25) is 0 Å². The molecule has 8 atom stereocenters. The van der Waals surface area contributed by atoms with Crippen molar-refractivity contribution in [2.45, 2.75) is 152 Å². The lowest BCUT2D eigenvalue weighted by Gasteiger charge is -2.34. The molecule has 9 fully saturated rings. The van der Waals surface area contributed by atoms with Crippen molar-refractivity contribution in [1.29, 1.82) is 0 Å². The third kappa shape index (κ3) is 12.1. The molecule has 26 heteroatoms. The molecule has 12 heterocycles. The molecule has 0 amide bonds. The molecule has 3 aromatic heterocycles. The summed E-state index contributed by atoms with van der Waals surface area (Å²) in [5, 5.41) is 0.266. The predicted molar refractivity (Wildman–Crippen MR) is 287 cm³/mol. The molecule has 13 rings (SSSR count). The lowest BCUT2D eigenvalue weighted by atomic mass is 9.77. The second kappa shape index (κ2) is 22.3. The number of ether oxygens (including phenoxy) is 4. The molecule has 20 nitrogen and oxygen atoms in total. The van der Waals surface area contributed by atoms with Gasteiger partial charge in [0.05, 0.1) is 66.4 Å². The average Bonchev–Trinajstić information content (AvgIpc) is 4.34. The Morgan fingerprint density at radius 3 is 1.36 bits per heavy atom. The molecule has 0 radical (unpaired) electrons. The van der Waals surface area contributed by atoms with Crippen molar-refractivity contribution in [1.82, 2.24) is 39.8 Å². The van der Waals surface area contributed by atoms with E-state index in [1.165, 1.54) is 24.7 Å². The van der Waals surface area contributed by atoms with Gasteiger partial charge in [0.2, 0.25) is 29.1 Å². The minimum Gasteiger partial charge on any atom is -0.399 e. The summed E-state index contributed by atoms with van der Waals surface area (Å²) in [4.78, 5) is 46.0. The first-order valence-electron chi connectivity index (χ1n) is 27.1. The summed E-state index contributed by atoms with van der Waals surface area (Å²) in [6, 6.07) is 5.75. The fraction of sp³-hybridized carbons (Fsp3) is 0.654. The highest BCUT2D eigenvalue weighted by atomic mass is 35.5. The van der Waals surface area contributed by atoms with Crippen LogP contribution in [-0.2, 0) is 28.3 Å². The maximum absolute atomic E-state index is 13.8. The Kier molecular flexibility index (Phi) is 15.6. The number of morpholine rings is 4. The maximum Gasteiger partial charge on any atom is 0.496 e. The van der Waals surface area contributed by atoms with Crippen molar-refractivity contribution in [2.24, 2.45) is 4.99 Å². The van der Waals surface area contributed by atoms with Crippen LogP contribution in [0, 0.1) is 0 Å². The molecule has 4 aromatic rings. The lowest BCUT2D eigenvalue weighted by Crippen LogP contribution is -2.45. The van der Waals surface area contributed by atoms with Crippen LogP contribution in [0.1, 0.15) is 103 Å². The lowest BCUT2D eigenvalue weighted by molar-refractivity contribution is 0.00578. The van der Waals surface area contributed by atoms with E-state index in [9.17, 15) is 17.6 Å². The summed E-state index contributed by atoms with van der Waals surface area (Å²) >= 11 is 6.19. The topological polar surface area (TPSA) is 200 Å². The monoisotopic (exact) mass is 1110 g/mol. The Balaban J connectivity index is 0.000000127. The number of nitrogen functional groups attached to an aromatic ring is 1. The summed E-state index contributed by atoms with van der Waals surface area (Å²) in [6.45, 7) is 13.6. The summed E-state index contributed by atoms with van der Waals surface area (Å²) in [6.07, 6.45) is 7.91. The van der Waals surface area contributed by atoms with Gasteiger partial charge < -0.3 is 58.5 Å². The molecule has 9 aliphatic rings. The van der Waals surface area contributed by atoms with Crippen molar-refractivity contribution in [3.8, 4) is 11.4 Å². The number of aliphatic imine (C=N–C) groups is 1. The number of halogens is 5. The van der Waals surface area contributed by atoms with Gasteiger partial charge in [0.25, 0.3) is 12.9 Å². The number of aromatic nitrogens is 7. The van der Waals surface area contributed by atoms with Crippen LogP contribution in [0.2, 0.25) is 5.28 Å². The minimum atomic E-state index is -2.68. The van der Waals surface area contributed by atoms with Gasteiger partial charge in [-0.25, -0.2) is 27.5 Å². The predicted octanol–water partition coefficient (Wildman–Crippen LogP) is 6.59. The largest absolute Gasteiger partial charge is 0.496 e. The summed E-state index contributed by atoms with van der Waals surface area (Å²) in [5.74, 6) is 2.85. The van der Waals surface area contributed by atoms with Crippen LogP contribution in [-0.4, -0.2) is 180 Å². The van der Waals surface area contributed by atoms with Gasteiger partial charge in [-0.15, -0.1) is 0 Å². The van der Waals surface area contributed by atoms with Crippen molar-refractivity contribution in [2.75, 3.05) is 91.8 Å². The Bertz CT molecular complexity index is 2670. The van der Waals surface area contributed by atoms with Crippen LogP contribution in [0.4, 0.5) is 52.9 Å². The molecule has 78 heavy (non-hydrogen) atoms. The highest BCUT2D eigenvalue weighted by Crippen LogP contribution is 2.39. The van der Waals surface area contributed by atoms with Crippen LogP contribution in [0.25, 0.3) is 11.4 Å². The number of nitrogens with zero attached hydrogens (tertiary/aromatic N) is 13.